The number of nitro benzene ring substituents is 1. The van der Waals surface area contributed by atoms with Gasteiger partial charge in [-0.3, -0.25) is 10.1 Å². The van der Waals surface area contributed by atoms with Gasteiger partial charge in [-0.15, -0.1) is 0 Å². The van der Waals surface area contributed by atoms with E-state index >= 15 is 0 Å². The minimum Gasteiger partial charge on any atom is -0.364 e. The summed E-state index contributed by atoms with van der Waals surface area (Å²) in [7, 11) is -3.82. The highest BCUT2D eigenvalue weighted by Crippen LogP contribution is 2.28. The lowest BCUT2D eigenvalue weighted by Gasteiger charge is -2.11. The van der Waals surface area contributed by atoms with E-state index in [0.717, 1.165) is 40.8 Å². The van der Waals surface area contributed by atoms with Crippen LogP contribution in [0.25, 0.3) is 6.08 Å². The van der Waals surface area contributed by atoms with Gasteiger partial charge in [-0.2, -0.15) is 0 Å². The van der Waals surface area contributed by atoms with Gasteiger partial charge in [0.25, 0.3) is 5.69 Å². The normalized spacial score (nSPS) is 14.0. The van der Waals surface area contributed by atoms with Crippen molar-refractivity contribution in [3.05, 3.63) is 61.9 Å². The van der Waals surface area contributed by atoms with Crippen molar-refractivity contribution < 1.29 is 13.3 Å². The van der Waals surface area contributed by atoms with Gasteiger partial charge in [0.1, 0.15) is 0 Å². The molecule has 26 heavy (non-hydrogen) atoms. The Morgan fingerprint density at radius 3 is 2.85 bits per heavy atom. The van der Waals surface area contributed by atoms with Crippen LogP contribution in [0, 0.1) is 17.0 Å². The van der Waals surface area contributed by atoms with Gasteiger partial charge in [0.15, 0.2) is 0 Å². The van der Waals surface area contributed by atoms with Crippen molar-refractivity contribution in [1.82, 2.24) is 9.71 Å². The molecule has 0 saturated carbocycles. The second-order valence-corrected chi connectivity index (χ2v) is 8.40. The number of nitro groups is 1. The Morgan fingerprint density at radius 1 is 1.35 bits per heavy atom. The molecule has 1 aliphatic carbocycles. The van der Waals surface area contributed by atoms with Crippen LogP contribution in [-0.4, -0.2) is 24.9 Å². The maximum absolute atomic E-state index is 12.4. The Kier molecular flexibility index (Phi) is 5.17. The van der Waals surface area contributed by atoms with Gasteiger partial charge in [0.05, 0.1) is 9.82 Å². The number of aromatic nitrogens is 1. The molecule has 0 aliphatic heterocycles. The molecule has 0 bridgehead atoms. The summed E-state index contributed by atoms with van der Waals surface area (Å²) in [6.07, 6.45) is 5.89. The Labute approximate surface area is 156 Å². The molecule has 9 heteroatoms. The molecule has 0 amide bonds. The zero-order valence-corrected chi connectivity index (χ0v) is 15.7. The minimum atomic E-state index is -3.82. The molecule has 2 N–H and O–H groups in total. The second-order valence-electron chi connectivity index (χ2n) is 6.15. The summed E-state index contributed by atoms with van der Waals surface area (Å²) < 4.78 is 27.3. The number of rotatable bonds is 6. The summed E-state index contributed by atoms with van der Waals surface area (Å²) in [6.45, 7) is 1.75. The summed E-state index contributed by atoms with van der Waals surface area (Å²) in [6, 6.07) is 3.88. The number of halogens is 1. The van der Waals surface area contributed by atoms with E-state index in [0.29, 0.717) is 12.0 Å². The fraction of sp³-hybridized carbons (Fsp3) is 0.294. The van der Waals surface area contributed by atoms with E-state index in [9.17, 15) is 18.5 Å². The van der Waals surface area contributed by atoms with E-state index < -0.39 is 14.9 Å². The van der Waals surface area contributed by atoms with Crippen LogP contribution in [0.2, 0.25) is 0 Å². The van der Waals surface area contributed by atoms with Crippen molar-refractivity contribution in [2.75, 3.05) is 6.54 Å². The maximum Gasteiger partial charge on any atom is 0.273 e. The average Bonchev–Trinajstić information content (AvgIpc) is 2.97. The number of benzene rings is 1. The lowest BCUT2D eigenvalue weighted by Crippen LogP contribution is -2.26. The molecule has 0 unspecified atom stereocenters. The zero-order valence-electron chi connectivity index (χ0n) is 14.1. The topological polar surface area (TPSA) is 105 Å². The molecule has 1 aromatic heterocycles. The highest BCUT2D eigenvalue weighted by Gasteiger charge is 2.20. The van der Waals surface area contributed by atoms with Crippen molar-refractivity contribution >= 4 is 33.4 Å². The van der Waals surface area contributed by atoms with Crippen molar-refractivity contribution in [3.8, 4) is 0 Å². The Bertz CT molecular complexity index is 995. The predicted octanol–water partition coefficient (Wildman–Crippen LogP) is 3.28. The highest BCUT2D eigenvalue weighted by atomic mass is 35.5. The first kappa shape index (κ1) is 18.6. The lowest BCUT2D eigenvalue weighted by atomic mass is 10.0. The molecular formula is C17H18ClN3O4S. The average molecular weight is 396 g/mol. The van der Waals surface area contributed by atoms with E-state index in [1.165, 1.54) is 12.1 Å². The van der Waals surface area contributed by atoms with Gasteiger partial charge in [-0.05, 0) is 49.5 Å². The van der Waals surface area contributed by atoms with Crippen molar-refractivity contribution in [2.45, 2.75) is 31.1 Å². The minimum absolute atomic E-state index is 0.117. The number of fused-ring (bicyclic) bond motifs is 1. The Morgan fingerprint density at radius 2 is 2.12 bits per heavy atom. The van der Waals surface area contributed by atoms with Crippen LogP contribution in [0.15, 0.2) is 34.3 Å². The molecular weight excluding hydrogens is 378 g/mol. The summed E-state index contributed by atoms with van der Waals surface area (Å²) in [4.78, 5) is 13.5. The lowest BCUT2D eigenvalue weighted by molar-refractivity contribution is -0.385. The van der Waals surface area contributed by atoms with Gasteiger partial charge in [0.2, 0.25) is 10.0 Å². The number of H-pyrrole nitrogens is 1. The number of aryl methyl sites for hydroxylation is 2. The van der Waals surface area contributed by atoms with Crippen LogP contribution in [0.1, 0.15) is 28.8 Å². The number of hydrogen-bond acceptors (Lipinski definition) is 4. The van der Waals surface area contributed by atoms with Crippen LogP contribution in [0.5, 0.6) is 0 Å². The summed E-state index contributed by atoms with van der Waals surface area (Å²) in [5.74, 6) is 0. The number of sulfonamides is 1. The van der Waals surface area contributed by atoms with Crippen LogP contribution in [-0.2, 0) is 22.9 Å². The van der Waals surface area contributed by atoms with Crippen LogP contribution in [0.4, 0.5) is 5.69 Å². The third-order valence-corrected chi connectivity index (χ3v) is 6.14. The maximum atomic E-state index is 12.4. The van der Waals surface area contributed by atoms with Crippen LogP contribution < -0.4 is 4.72 Å². The predicted molar refractivity (Wildman–Crippen MR) is 99.7 cm³/mol. The number of allylic oxidation sites excluding steroid dienone is 1. The van der Waals surface area contributed by atoms with Gasteiger partial charge in [-0.25, -0.2) is 13.1 Å². The molecule has 0 saturated heterocycles. The molecule has 0 spiro atoms. The van der Waals surface area contributed by atoms with E-state index in [1.807, 2.05) is 12.3 Å². The smallest absolute Gasteiger partial charge is 0.273 e. The molecule has 0 radical (unpaired) electrons. The van der Waals surface area contributed by atoms with Crippen molar-refractivity contribution in [3.63, 3.8) is 0 Å². The van der Waals surface area contributed by atoms with Crippen molar-refractivity contribution in [1.29, 1.82) is 0 Å². The molecule has 0 atom stereocenters. The fourth-order valence-corrected chi connectivity index (χ4v) is 4.20. The number of nitrogens with zero attached hydrogens (tertiary/aromatic N) is 1. The summed E-state index contributed by atoms with van der Waals surface area (Å²) >= 11 is 6.09. The SMILES string of the molecule is Cc1ccc(S(=O)(=O)NCCc2c[nH]c3c2C=C(Cl)CC3)cc1[N+](=O)[O-]. The third kappa shape index (κ3) is 3.82. The van der Waals surface area contributed by atoms with Crippen molar-refractivity contribution in [2.24, 2.45) is 0 Å². The Balaban J connectivity index is 1.72. The molecule has 2 aromatic rings. The zero-order chi connectivity index (χ0) is 18.9. The van der Waals surface area contributed by atoms with E-state index in [-0.39, 0.29) is 17.1 Å². The van der Waals surface area contributed by atoms with Gasteiger partial charge < -0.3 is 4.98 Å². The molecule has 1 aliphatic rings. The van der Waals surface area contributed by atoms with Gasteiger partial charge in [0, 0.05) is 35.1 Å². The number of aromatic amines is 1. The molecule has 1 aromatic carbocycles. The van der Waals surface area contributed by atoms with Crippen LogP contribution in [0.3, 0.4) is 0 Å². The molecule has 138 valence electrons. The number of hydrogen-bond donors (Lipinski definition) is 2. The molecule has 3 rings (SSSR count). The molecule has 7 nitrogen and oxygen atoms in total. The fourth-order valence-electron chi connectivity index (χ4n) is 2.95. The van der Waals surface area contributed by atoms with Gasteiger partial charge in [-0.1, -0.05) is 17.7 Å². The first-order chi connectivity index (χ1) is 12.3. The summed E-state index contributed by atoms with van der Waals surface area (Å²) in [5, 5.41) is 11.8. The first-order valence-corrected chi connectivity index (χ1v) is 9.94. The van der Waals surface area contributed by atoms with E-state index in [1.54, 1.807) is 6.92 Å². The first-order valence-electron chi connectivity index (χ1n) is 8.08. The summed E-state index contributed by atoms with van der Waals surface area (Å²) in [5.41, 5.74) is 3.30. The largest absolute Gasteiger partial charge is 0.364 e. The van der Waals surface area contributed by atoms with E-state index in [4.69, 9.17) is 11.6 Å². The van der Waals surface area contributed by atoms with Crippen LogP contribution >= 0.6 is 11.6 Å². The quantitative estimate of drug-likeness (QED) is 0.578. The monoisotopic (exact) mass is 395 g/mol. The second kappa shape index (κ2) is 7.22. The highest BCUT2D eigenvalue weighted by molar-refractivity contribution is 7.89. The number of nitrogens with one attached hydrogen (secondary N) is 2. The Hall–Kier alpha value is -2.16. The molecule has 1 heterocycles. The van der Waals surface area contributed by atoms with E-state index in [2.05, 4.69) is 9.71 Å². The standard InChI is InChI=1S/C17H18ClN3O4S/c1-11-2-4-14(9-17(11)21(22)23)26(24,25)20-7-6-12-10-19-16-5-3-13(18)8-15(12)16/h2,4,8-10,19-20H,3,5-7H2,1H3. The van der Waals surface area contributed by atoms with Gasteiger partial charge >= 0.3 is 0 Å². The third-order valence-electron chi connectivity index (χ3n) is 4.38. The molecule has 0 fully saturated rings.